The third-order valence-electron chi connectivity index (χ3n) is 1.89. The van der Waals surface area contributed by atoms with Gasteiger partial charge in [-0.15, -0.1) is 0 Å². The van der Waals surface area contributed by atoms with Gasteiger partial charge in [0.2, 0.25) is 0 Å². The lowest BCUT2D eigenvalue weighted by Crippen LogP contribution is -2.09. The number of benzene rings is 1. The molecular weight excluding hydrogens is 200 g/mol. The number of hydrogen-bond donors (Lipinski definition) is 1. The minimum absolute atomic E-state index is 0.0822. The van der Waals surface area contributed by atoms with Crippen LogP contribution in [0.15, 0.2) is 30.3 Å². The van der Waals surface area contributed by atoms with Crippen molar-refractivity contribution in [1.82, 2.24) is 0 Å². The van der Waals surface area contributed by atoms with Crippen molar-refractivity contribution in [3.8, 4) is 0 Å². The summed E-state index contributed by atoms with van der Waals surface area (Å²) in [6, 6.07) is 8.91. The van der Waals surface area contributed by atoms with E-state index in [0.29, 0.717) is 0 Å². The van der Waals surface area contributed by atoms with Crippen LogP contribution in [0, 0.1) is 0 Å². The van der Waals surface area contributed by atoms with Gasteiger partial charge in [-0.2, -0.15) is 0 Å². The normalized spacial score (nSPS) is 14.7. The maximum Gasteiger partial charge on any atom is 0.160 e. The van der Waals surface area contributed by atoms with E-state index in [4.69, 9.17) is 4.55 Å². The van der Waals surface area contributed by atoms with Crippen molar-refractivity contribution in [2.75, 3.05) is 0 Å². The highest BCUT2D eigenvalue weighted by Gasteiger charge is 2.18. The van der Waals surface area contributed by atoms with Crippen LogP contribution in [-0.4, -0.2) is 14.5 Å². The first-order chi connectivity index (χ1) is 6.61. The molecular formula is C10H12O3S. The van der Waals surface area contributed by atoms with Crippen molar-refractivity contribution in [1.29, 1.82) is 0 Å². The van der Waals surface area contributed by atoms with Crippen LogP contribution in [0.25, 0.3) is 0 Å². The molecule has 1 N–H and O–H groups in total. The Hall–Kier alpha value is -1.00. The quantitative estimate of drug-likeness (QED) is 0.776. The molecule has 0 bridgehead atoms. The van der Waals surface area contributed by atoms with E-state index in [1.807, 2.05) is 6.07 Å². The van der Waals surface area contributed by atoms with E-state index in [1.165, 1.54) is 6.92 Å². The SMILES string of the molecule is CC(=O)CC(c1ccccc1)S(=O)O. The fraction of sp³-hybridized carbons (Fsp3) is 0.300. The molecule has 0 aromatic heterocycles. The van der Waals surface area contributed by atoms with E-state index in [9.17, 15) is 9.00 Å². The highest BCUT2D eigenvalue weighted by molar-refractivity contribution is 7.79. The smallest absolute Gasteiger partial charge is 0.160 e. The van der Waals surface area contributed by atoms with E-state index in [1.54, 1.807) is 24.3 Å². The van der Waals surface area contributed by atoms with Crippen molar-refractivity contribution < 1.29 is 13.6 Å². The van der Waals surface area contributed by atoms with Gasteiger partial charge in [-0.25, -0.2) is 4.21 Å². The molecule has 2 unspecified atom stereocenters. The van der Waals surface area contributed by atoms with Crippen molar-refractivity contribution >= 4 is 16.9 Å². The van der Waals surface area contributed by atoms with Gasteiger partial charge in [0.15, 0.2) is 11.1 Å². The molecule has 0 heterocycles. The minimum atomic E-state index is -2.00. The van der Waals surface area contributed by atoms with E-state index in [-0.39, 0.29) is 12.2 Å². The van der Waals surface area contributed by atoms with Gasteiger partial charge in [0.05, 0.1) is 5.25 Å². The van der Waals surface area contributed by atoms with E-state index >= 15 is 0 Å². The predicted molar refractivity (Wildman–Crippen MR) is 55.3 cm³/mol. The molecule has 0 aliphatic carbocycles. The average Bonchev–Trinajstić information content (AvgIpc) is 2.15. The first-order valence-corrected chi connectivity index (χ1v) is 5.42. The number of hydrogen-bond acceptors (Lipinski definition) is 2. The molecule has 0 radical (unpaired) electrons. The van der Waals surface area contributed by atoms with Gasteiger partial charge in [-0.3, -0.25) is 4.79 Å². The first kappa shape index (κ1) is 11.1. The summed E-state index contributed by atoms with van der Waals surface area (Å²) in [7, 11) is 0. The van der Waals surface area contributed by atoms with E-state index in [0.717, 1.165) is 5.56 Å². The Morgan fingerprint density at radius 3 is 2.43 bits per heavy atom. The van der Waals surface area contributed by atoms with Gasteiger partial charge >= 0.3 is 0 Å². The lowest BCUT2D eigenvalue weighted by Gasteiger charge is -2.10. The zero-order valence-corrected chi connectivity index (χ0v) is 8.66. The molecule has 0 saturated carbocycles. The Balaban J connectivity index is 2.89. The third-order valence-corrected chi connectivity index (χ3v) is 2.81. The monoisotopic (exact) mass is 212 g/mol. The number of Topliss-reactive ketones (excluding diaryl/α,β-unsaturated/α-hetero) is 1. The van der Waals surface area contributed by atoms with Crippen LogP contribution in [0.4, 0.5) is 0 Å². The van der Waals surface area contributed by atoms with Gasteiger partial charge < -0.3 is 4.55 Å². The molecule has 4 heteroatoms. The lowest BCUT2D eigenvalue weighted by atomic mass is 10.1. The Bertz CT molecular complexity index is 334. The molecule has 0 fully saturated rings. The maximum atomic E-state index is 11.0. The Labute approximate surface area is 85.4 Å². The van der Waals surface area contributed by atoms with Gasteiger partial charge in [0, 0.05) is 6.42 Å². The zero-order chi connectivity index (χ0) is 10.6. The fourth-order valence-corrected chi connectivity index (χ4v) is 2.00. The number of ketones is 1. The molecule has 0 saturated heterocycles. The number of carbonyl (C=O) groups is 1. The highest BCUT2D eigenvalue weighted by atomic mass is 32.2. The second-order valence-electron chi connectivity index (χ2n) is 3.08. The summed E-state index contributed by atoms with van der Waals surface area (Å²) in [5, 5.41) is -0.603. The Morgan fingerprint density at radius 2 is 2.00 bits per heavy atom. The fourth-order valence-electron chi connectivity index (χ4n) is 1.23. The van der Waals surface area contributed by atoms with E-state index in [2.05, 4.69) is 0 Å². The van der Waals surface area contributed by atoms with Crippen molar-refractivity contribution in [2.45, 2.75) is 18.6 Å². The van der Waals surface area contributed by atoms with Crippen LogP contribution in [0.2, 0.25) is 0 Å². The molecule has 0 spiro atoms. The average molecular weight is 212 g/mol. The minimum Gasteiger partial charge on any atom is -0.306 e. The summed E-state index contributed by atoms with van der Waals surface area (Å²) in [4.78, 5) is 10.9. The third kappa shape index (κ3) is 3.05. The summed E-state index contributed by atoms with van der Waals surface area (Å²) < 4.78 is 20.0. The van der Waals surface area contributed by atoms with Gasteiger partial charge in [0.1, 0.15) is 5.78 Å². The molecule has 1 rings (SSSR count). The summed E-state index contributed by atoms with van der Waals surface area (Å²) >= 11 is -2.00. The van der Waals surface area contributed by atoms with Gasteiger partial charge in [-0.05, 0) is 12.5 Å². The molecule has 0 aliphatic heterocycles. The summed E-state index contributed by atoms with van der Waals surface area (Å²) in [6.07, 6.45) is 0.104. The van der Waals surface area contributed by atoms with Crippen LogP contribution in [0.5, 0.6) is 0 Å². The molecule has 0 aliphatic rings. The molecule has 0 amide bonds. The molecule has 76 valence electrons. The molecule has 2 atom stereocenters. The Morgan fingerprint density at radius 1 is 1.43 bits per heavy atom. The van der Waals surface area contributed by atoms with Crippen molar-refractivity contribution in [3.63, 3.8) is 0 Å². The zero-order valence-electron chi connectivity index (χ0n) is 7.84. The van der Waals surface area contributed by atoms with Gasteiger partial charge in [-0.1, -0.05) is 30.3 Å². The summed E-state index contributed by atoms with van der Waals surface area (Å²) in [6.45, 7) is 1.42. The maximum absolute atomic E-state index is 11.0. The second-order valence-corrected chi connectivity index (χ2v) is 4.20. The summed E-state index contributed by atoms with van der Waals surface area (Å²) in [5.41, 5.74) is 0.725. The van der Waals surface area contributed by atoms with Gasteiger partial charge in [0.25, 0.3) is 0 Å². The number of carbonyl (C=O) groups excluding carboxylic acids is 1. The molecule has 3 nitrogen and oxygen atoms in total. The molecule has 1 aromatic carbocycles. The van der Waals surface area contributed by atoms with E-state index < -0.39 is 16.3 Å². The Kier molecular flexibility index (Phi) is 3.98. The van der Waals surface area contributed by atoms with Crippen molar-refractivity contribution in [3.05, 3.63) is 35.9 Å². The second kappa shape index (κ2) is 5.02. The largest absolute Gasteiger partial charge is 0.306 e. The van der Waals surface area contributed by atoms with Crippen LogP contribution in [0.1, 0.15) is 24.2 Å². The van der Waals surface area contributed by atoms with Crippen molar-refractivity contribution in [2.24, 2.45) is 0 Å². The van der Waals surface area contributed by atoms with Crippen LogP contribution in [-0.2, 0) is 15.9 Å². The van der Waals surface area contributed by atoms with Crippen LogP contribution < -0.4 is 0 Å². The summed E-state index contributed by atoms with van der Waals surface area (Å²) in [5.74, 6) is -0.0822. The van der Waals surface area contributed by atoms with Crippen LogP contribution in [0.3, 0.4) is 0 Å². The lowest BCUT2D eigenvalue weighted by molar-refractivity contribution is -0.117. The van der Waals surface area contributed by atoms with Crippen LogP contribution >= 0.6 is 0 Å². The topological polar surface area (TPSA) is 54.4 Å². The first-order valence-electron chi connectivity index (χ1n) is 4.25. The molecule has 1 aromatic rings. The highest BCUT2D eigenvalue weighted by Crippen LogP contribution is 2.22. The standard InChI is InChI=1S/C10H12O3S/c1-8(11)7-10(14(12)13)9-5-3-2-4-6-9/h2-6,10H,7H2,1H3,(H,12,13). The number of rotatable bonds is 4. The molecule has 14 heavy (non-hydrogen) atoms. The predicted octanol–water partition coefficient (Wildman–Crippen LogP) is 1.93.